The van der Waals surface area contributed by atoms with Gasteiger partial charge >= 0.3 is 0 Å². The second kappa shape index (κ2) is 6.35. The summed E-state index contributed by atoms with van der Waals surface area (Å²) < 4.78 is 0. The molecule has 2 N–H and O–H groups in total. The van der Waals surface area contributed by atoms with Crippen LogP contribution in [0.15, 0.2) is 18.3 Å². The second-order valence-corrected chi connectivity index (χ2v) is 5.92. The van der Waals surface area contributed by atoms with Crippen molar-refractivity contribution in [1.82, 2.24) is 9.88 Å². The maximum absolute atomic E-state index is 5.85. The van der Waals surface area contributed by atoms with Crippen molar-refractivity contribution in [3.05, 3.63) is 23.9 Å². The Balaban J connectivity index is 1.90. The molecule has 1 aromatic rings. The molecule has 2 rings (SSSR count). The van der Waals surface area contributed by atoms with Crippen LogP contribution in [-0.2, 0) is 0 Å². The third-order valence-electron chi connectivity index (χ3n) is 3.62. The predicted octanol–water partition coefficient (Wildman–Crippen LogP) is 1.88. The molecule has 1 aromatic heterocycles. The van der Waals surface area contributed by atoms with Crippen LogP contribution in [0, 0.1) is 5.92 Å². The number of piperazine rings is 1. The topological polar surface area (TPSA) is 45.4 Å². The van der Waals surface area contributed by atoms with E-state index in [1.165, 1.54) is 6.54 Å². The van der Waals surface area contributed by atoms with Gasteiger partial charge < -0.3 is 10.6 Å². The fourth-order valence-corrected chi connectivity index (χ4v) is 2.53. The highest BCUT2D eigenvalue weighted by molar-refractivity contribution is 5.40. The predicted molar refractivity (Wildman–Crippen MR) is 80.3 cm³/mol. The van der Waals surface area contributed by atoms with Crippen molar-refractivity contribution in [3.8, 4) is 0 Å². The van der Waals surface area contributed by atoms with Gasteiger partial charge in [-0.3, -0.25) is 4.90 Å². The fourth-order valence-electron chi connectivity index (χ4n) is 2.53. The molecule has 1 atom stereocenters. The lowest BCUT2D eigenvalue weighted by molar-refractivity contribution is 0.231. The van der Waals surface area contributed by atoms with Gasteiger partial charge in [0.05, 0.1) is 0 Å². The van der Waals surface area contributed by atoms with Gasteiger partial charge in [-0.05, 0) is 24.5 Å². The van der Waals surface area contributed by atoms with Crippen LogP contribution in [0.1, 0.15) is 32.4 Å². The van der Waals surface area contributed by atoms with Gasteiger partial charge in [0.25, 0.3) is 0 Å². The zero-order chi connectivity index (χ0) is 13.8. The zero-order valence-electron chi connectivity index (χ0n) is 12.3. The highest BCUT2D eigenvalue weighted by Gasteiger charge is 2.18. The number of nitrogens with two attached hydrogens (primary N) is 1. The molecule has 1 fully saturated rings. The maximum atomic E-state index is 5.85. The molecule has 0 amide bonds. The minimum atomic E-state index is 0.0597. The number of anilines is 1. The average Bonchev–Trinajstić information content (AvgIpc) is 2.39. The van der Waals surface area contributed by atoms with E-state index >= 15 is 0 Å². The lowest BCUT2D eigenvalue weighted by Gasteiger charge is -2.36. The molecular weight excluding hydrogens is 236 g/mol. The molecule has 4 heteroatoms. The summed E-state index contributed by atoms with van der Waals surface area (Å²) >= 11 is 0. The van der Waals surface area contributed by atoms with Crippen molar-refractivity contribution < 1.29 is 0 Å². The van der Waals surface area contributed by atoms with Crippen LogP contribution in [0.4, 0.5) is 5.82 Å². The van der Waals surface area contributed by atoms with Gasteiger partial charge in [0.15, 0.2) is 0 Å². The normalized spacial score (nSPS) is 18.9. The Labute approximate surface area is 116 Å². The maximum Gasteiger partial charge on any atom is 0.128 e. The summed E-state index contributed by atoms with van der Waals surface area (Å²) in [5.41, 5.74) is 6.95. The van der Waals surface area contributed by atoms with Crippen molar-refractivity contribution >= 4 is 5.82 Å². The van der Waals surface area contributed by atoms with E-state index < -0.39 is 0 Å². The molecule has 0 radical (unpaired) electrons. The van der Waals surface area contributed by atoms with E-state index in [1.807, 2.05) is 13.1 Å². The van der Waals surface area contributed by atoms with E-state index in [9.17, 15) is 0 Å². The molecule has 106 valence electrons. The van der Waals surface area contributed by atoms with Crippen LogP contribution in [0.5, 0.6) is 0 Å². The third kappa shape index (κ3) is 3.91. The summed E-state index contributed by atoms with van der Waals surface area (Å²) in [7, 11) is 0. The fraction of sp³-hybridized carbons (Fsp3) is 0.667. The van der Waals surface area contributed by atoms with Crippen LogP contribution in [-0.4, -0.2) is 42.6 Å². The van der Waals surface area contributed by atoms with Crippen molar-refractivity contribution in [3.63, 3.8) is 0 Å². The zero-order valence-corrected chi connectivity index (χ0v) is 12.3. The number of hydrogen-bond donors (Lipinski definition) is 1. The molecule has 19 heavy (non-hydrogen) atoms. The molecule has 1 aliphatic rings. The third-order valence-corrected chi connectivity index (χ3v) is 3.62. The first kappa shape index (κ1) is 14.3. The van der Waals surface area contributed by atoms with Crippen molar-refractivity contribution in [2.24, 2.45) is 11.7 Å². The van der Waals surface area contributed by atoms with Crippen LogP contribution >= 0.6 is 0 Å². The van der Waals surface area contributed by atoms with Gasteiger partial charge in [-0.15, -0.1) is 0 Å². The standard InChI is InChI=1S/C15H26N4/c1-12(2)11-18-6-8-19(9-7-18)15-5-4-14(10-17-15)13(3)16/h4-5,10,12-13H,6-9,11,16H2,1-3H3/t13-/m1/s1. The lowest BCUT2D eigenvalue weighted by Crippen LogP contribution is -2.47. The monoisotopic (exact) mass is 262 g/mol. The van der Waals surface area contributed by atoms with Crippen molar-refractivity contribution in [2.45, 2.75) is 26.8 Å². The first-order valence-electron chi connectivity index (χ1n) is 7.25. The Kier molecular flexibility index (Phi) is 4.77. The minimum Gasteiger partial charge on any atom is -0.354 e. The van der Waals surface area contributed by atoms with Crippen LogP contribution in [0.2, 0.25) is 0 Å². The highest BCUT2D eigenvalue weighted by Crippen LogP contribution is 2.16. The largest absolute Gasteiger partial charge is 0.354 e. The van der Waals surface area contributed by atoms with Crippen LogP contribution < -0.4 is 10.6 Å². The molecule has 4 nitrogen and oxygen atoms in total. The highest BCUT2D eigenvalue weighted by atomic mass is 15.3. The van der Waals surface area contributed by atoms with Crippen LogP contribution in [0.3, 0.4) is 0 Å². The second-order valence-electron chi connectivity index (χ2n) is 5.92. The van der Waals surface area contributed by atoms with Gasteiger partial charge in [-0.25, -0.2) is 4.98 Å². The molecule has 0 aliphatic carbocycles. The SMILES string of the molecule is CC(C)CN1CCN(c2ccc([C@@H](C)N)cn2)CC1. The smallest absolute Gasteiger partial charge is 0.128 e. The van der Waals surface area contributed by atoms with Crippen molar-refractivity contribution in [2.75, 3.05) is 37.6 Å². The Morgan fingerprint density at radius 3 is 2.32 bits per heavy atom. The summed E-state index contributed by atoms with van der Waals surface area (Å²) in [6, 6.07) is 4.24. The van der Waals surface area contributed by atoms with E-state index in [2.05, 4.69) is 40.8 Å². The summed E-state index contributed by atoms with van der Waals surface area (Å²) in [5.74, 6) is 1.82. The number of hydrogen-bond acceptors (Lipinski definition) is 4. The van der Waals surface area contributed by atoms with Crippen molar-refractivity contribution in [1.29, 1.82) is 0 Å². The molecular formula is C15H26N4. The van der Waals surface area contributed by atoms with Gasteiger partial charge in [0.2, 0.25) is 0 Å². The van der Waals surface area contributed by atoms with E-state index in [0.29, 0.717) is 0 Å². The molecule has 1 aliphatic heterocycles. The Morgan fingerprint density at radius 2 is 1.84 bits per heavy atom. The van der Waals surface area contributed by atoms with Gasteiger partial charge in [-0.1, -0.05) is 19.9 Å². The molecule has 0 bridgehead atoms. The summed E-state index contributed by atoms with van der Waals surface area (Å²) in [5, 5.41) is 0. The van der Waals surface area contributed by atoms with E-state index in [-0.39, 0.29) is 6.04 Å². The molecule has 0 unspecified atom stereocenters. The molecule has 0 saturated carbocycles. The Bertz CT molecular complexity index is 378. The first-order valence-corrected chi connectivity index (χ1v) is 7.25. The van der Waals surface area contributed by atoms with E-state index in [4.69, 9.17) is 5.73 Å². The van der Waals surface area contributed by atoms with E-state index in [0.717, 1.165) is 43.5 Å². The number of pyridine rings is 1. The van der Waals surface area contributed by atoms with E-state index in [1.54, 1.807) is 0 Å². The van der Waals surface area contributed by atoms with Gasteiger partial charge in [0.1, 0.15) is 5.82 Å². The Morgan fingerprint density at radius 1 is 1.16 bits per heavy atom. The molecule has 1 saturated heterocycles. The molecule has 2 heterocycles. The number of nitrogens with zero attached hydrogens (tertiary/aromatic N) is 3. The lowest BCUT2D eigenvalue weighted by atomic mass is 10.1. The van der Waals surface area contributed by atoms with Gasteiger partial charge in [0, 0.05) is 45.0 Å². The minimum absolute atomic E-state index is 0.0597. The van der Waals surface area contributed by atoms with Gasteiger partial charge in [-0.2, -0.15) is 0 Å². The van der Waals surface area contributed by atoms with Crippen LogP contribution in [0.25, 0.3) is 0 Å². The quantitative estimate of drug-likeness (QED) is 0.900. The first-order chi connectivity index (χ1) is 9.06. The summed E-state index contributed by atoms with van der Waals surface area (Å²) in [6.45, 7) is 12.1. The molecule has 0 spiro atoms. The number of aromatic nitrogens is 1. The molecule has 0 aromatic carbocycles. The summed E-state index contributed by atoms with van der Waals surface area (Å²) in [6.07, 6.45) is 1.90. The number of rotatable bonds is 4. The average molecular weight is 262 g/mol. The summed E-state index contributed by atoms with van der Waals surface area (Å²) in [4.78, 5) is 9.44. The Hall–Kier alpha value is -1.13.